The minimum Gasteiger partial charge on any atom is -0.454 e. The zero-order chi connectivity index (χ0) is 13.5. The van der Waals surface area contributed by atoms with Crippen LogP contribution in [0.5, 0.6) is 11.5 Å². The lowest BCUT2D eigenvalue weighted by Crippen LogP contribution is -2.41. The van der Waals surface area contributed by atoms with E-state index in [9.17, 15) is 0 Å². The molecule has 1 radical (unpaired) electrons. The Balaban J connectivity index is 1.37. The molecule has 0 N–H and O–H groups in total. The Hall–Kier alpha value is -1.22. The molecular formula is C17H22NO2. The number of nitrogens with zero attached hydrogens (tertiary/aromatic N) is 1. The summed E-state index contributed by atoms with van der Waals surface area (Å²) >= 11 is 0. The van der Waals surface area contributed by atoms with Gasteiger partial charge in [0, 0.05) is 19.6 Å². The average molecular weight is 272 g/mol. The summed E-state index contributed by atoms with van der Waals surface area (Å²) in [6.07, 6.45) is 3.87. The van der Waals surface area contributed by atoms with Crippen LogP contribution in [0.1, 0.15) is 18.4 Å². The molecule has 2 atom stereocenters. The van der Waals surface area contributed by atoms with Crippen LogP contribution in [0, 0.1) is 24.7 Å². The maximum atomic E-state index is 5.45. The maximum absolute atomic E-state index is 5.45. The van der Waals surface area contributed by atoms with E-state index >= 15 is 0 Å². The van der Waals surface area contributed by atoms with Crippen molar-refractivity contribution in [2.24, 2.45) is 17.8 Å². The highest BCUT2D eigenvalue weighted by molar-refractivity contribution is 5.44. The summed E-state index contributed by atoms with van der Waals surface area (Å²) in [6, 6.07) is 6.32. The molecule has 0 amide bonds. The van der Waals surface area contributed by atoms with E-state index in [0.717, 1.165) is 36.3 Å². The van der Waals surface area contributed by atoms with Gasteiger partial charge in [-0.05, 0) is 61.6 Å². The van der Waals surface area contributed by atoms with Gasteiger partial charge in [-0.15, -0.1) is 0 Å². The third-order valence-corrected chi connectivity index (χ3v) is 5.26. The first-order valence-corrected chi connectivity index (χ1v) is 7.73. The Kier molecular flexibility index (Phi) is 3.10. The summed E-state index contributed by atoms with van der Waals surface area (Å²) in [5.74, 6) is 4.16. The van der Waals surface area contributed by atoms with E-state index in [2.05, 4.69) is 24.0 Å². The third kappa shape index (κ3) is 2.18. The van der Waals surface area contributed by atoms with Crippen LogP contribution in [0.25, 0.3) is 0 Å². The highest BCUT2D eigenvalue weighted by Crippen LogP contribution is 2.41. The quantitative estimate of drug-likeness (QED) is 0.844. The molecule has 107 valence electrons. The smallest absolute Gasteiger partial charge is 0.231 e. The third-order valence-electron chi connectivity index (χ3n) is 5.26. The van der Waals surface area contributed by atoms with Crippen LogP contribution in [0.3, 0.4) is 0 Å². The van der Waals surface area contributed by atoms with Crippen LogP contribution in [-0.2, 0) is 6.42 Å². The number of hydrogen-bond donors (Lipinski definition) is 0. The summed E-state index contributed by atoms with van der Waals surface area (Å²) in [4.78, 5) is 2.63. The van der Waals surface area contributed by atoms with Gasteiger partial charge in [0.1, 0.15) is 0 Å². The molecule has 1 aromatic carbocycles. The van der Waals surface area contributed by atoms with Crippen molar-refractivity contribution in [3.8, 4) is 11.5 Å². The van der Waals surface area contributed by atoms with Gasteiger partial charge in [0.05, 0.1) is 0 Å². The zero-order valence-electron chi connectivity index (χ0n) is 11.9. The fourth-order valence-corrected chi connectivity index (χ4v) is 4.00. The van der Waals surface area contributed by atoms with E-state index in [1.807, 2.05) is 6.07 Å². The fraction of sp³-hybridized carbons (Fsp3) is 0.588. The second-order valence-electron chi connectivity index (χ2n) is 6.46. The minimum atomic E-state index is 0.360. The molecule has 2 unspecified atom stereocenters. The largest absolute Gasteiger partial charge is 0.454 e. The molecule has 1 aliphatic carbocycles. The van der Waals surface area contributed by atoms with Gasteiger partial charge in [-0.25, -0.2) is 0 Å². The van der Waals surface area contributed by atoms with Crippen molar-refractivity contribution in [1.29, 1.82) is 0 Å². The van der Waals surface area contributed by atoms with Gasteiger partial charge in [0.2, 0.25) is 6.79 Å². The molecular weight excluding hydrogens is 250 g/mol. The Labute approximate surface area is 120 Å². The van der Waals surface area contributed by atoms with Crippen molar-refractivity contribution in [2.75, 3.05) is 26.4 Å². The van der Waals surface area contributed by atoms with Gasteiger partial charge in [-0.1, -0.05) is 6.07 Å². The van der Waals surface area contributed by atoms with Crippen molar-refractivity contribution in [3.05, 3.63) is 30.7 Å². The van der Waals surface area contributed by atoms with E-state index in [-0.39, 0.29) is 0 Å². The monoisotopic (exact) mass is 272 g/mol. The molecule has 3 heteroatoms. The van der Waals surface area contributed by atoms with Crippen molar-refractivity contribution < 1.29 is 9.47 Å². The number of benzene rings is 1. The van der Waals surface area contributed by atoms with Crippen molar-refractivity contribution in [2.45, 2.75) is 19.3 Å². The summed E-state index contributed by atoms with van der Waals surface area (Å²) in [6.45, 7) is 8.36. The Morgan fingerprint density at radius 1 is 1.10 bits per heavy atom. The van der Waals surface area contributed by atoms with Crippen molar-refractivity contribution in [1.82, 2.24) is 4.90 Å². The first kappa shape index (κ1) is 12.5. The second kappa shape index (κ2) is 4.96. The standard InChI is InChI=1S/C17H22NO2/c1-12-14-3-4-15(12)10-18(9-14)7-6-13-2-5-16-17(8-13)20-11-19-16/h2,5,8,12,14-15H,1,3-4,6-7,9-11H2. The Morgan fingerprint density at radius 3 is 2.65 bits per heavy atom. The van der Waals surface area contributed by atoms with Gasteiger partial charge < -0.3 is 14.4 Å². The highest BCUT2D eigenvalue weighted by atomic mass is 16.7. The van der Waals surface area contributed by atoms with E-state index in [1.165, 1.54) is 31.5 Å². The molecule has 1 aromatic rings. The molecule has 1 saturated heterocycles. The molecule has 2 aliphatic heterocycles. The number of fused-ring (bicyclic) bond motifs is 3. The zero-order valence-corrected chi connectivity index (χ0v) is 11.9. The first-order valence-electron chi connectivity index (χ1n) is 7.73. The van der Waals surface area contributed by atoms with Gasteiger partial charge >= 0.3 is 0 Å². The van der Waals surface area contributed by atoms with Crippen LogP contribution in [-0.4, -0.2) is 31.3 Å². The molecule has 2 bridgehead atoms. The highest BCUT2D eigenvalue weighted by Gasteiger charge is 2.38. The van der Waals surface area contributed by atoms with E-state index in [0.29, 0.717) is 12.7 Å². The van der Waals surface area contributed by atoms with Crippen LogP contribution >= 0.6 is 0 Å². The lowest BCUT2D eigenvalue weighted by molar-refractivity contribution is 0.133. The summed E-state index contributed by atoms with van der Waals surface area (Å²) < 4.78 is 10.8. The van der Waals surface area contributed by atoms with Crippen LogP contribution in [0.2, 0.25) is 0 Å². The lowest BCUT2D eigenvalue weighted by atomic mass is 9.87. The second-order valence-corrected chi connectivity index (χ2v) is 6.46. The number of hydrogen-bond acceptors (Lipinski definition) is 3. The average Bonchev–Trinajstić information content (AvgIpc) is 2.98. The maximum Gasteiger partial charge on any atom is 0.231 e. The molecule has 2 heterocycles. The summed E-state index contributed by atoms with van der Waals surface area (Å²) in [5.41, 5.74) is 1.35. The summed E-state index contributed by atoms with van der Waals surface area (Å²) in [7, 11) is 0. The van der Waals surface area contributed by atoms with E-state index < -0.39 is 0 Å². The fourth-order valence-electron chi connectivity index (χ4n) is 4.00. The van der Waals surface area contributed by atoms with E-state index in [1.54, 1.807) is 0 Å². The minimum absolute atomic E-state index is 0.360. The predicted molar refractivity (Wildman–Crippen MR) is 77.8 cm³/mol. The Bertz CT molecular complexity index is 488. The first-order chi connectivity index (χ1) is 9.79. The molecule has 0 aromatic heterocycles. The lowest BCUT2D eigenvalue weighted by Gasteiger charge is -2.36. The number of piperidine rings is 1. The topological polar surface area (TPSA) is 21.7 Å². The van der Waals surface area contributed by atoms with Gasteiger partial charge in [0.25, 0.3) is 0 Å². The predicted octanol–water partition coefficient (Wildman–Crippen LogP) is 2.75. The molecule has 4 rings (SSSR count). The van der Waals surface area contributed by atoms with Crippen molar-refractivity contribution >= 4 is 0 Å². The SMILES string of the molecule is [CH2]C1C2CCC1CN(CCc1ccc3c(c1)OCO3)C2. The van der Waals surface area contributed by atoms with E-state index in [4.69, 9.17) is 9.47 Å². The van der Waals surface area contributed by atoms with Crippen molar-refractivity contribution in [3.63, 3.8) is 0 Å². The molecule has 0 spiro atoms. The molecule has 20 heavy (non-hydrogen) atoms. The molecule has 1 saturated carbocycles. The molecule has 3 nitrogen and oxygen atoms in total. The summed E-state index contributed by atoms with van der Waals surface area (Å²) in [5, 5.41) is 0. The molecule has 3 aliphatic rings. The number of likely N-dealkylation sites (tertiary alicyclic amines) is 1. The van der Waals surface area contributed by atoms with Crippen LogP contribution in [0.15, 0.2) is 18.2 Å². The number of rotatable bonds is 3. The van der Waals surface area contributed by atoms with Gasteiger partial charge in [-0.3, -0.25) is 0 Å². The van der Waals surface area contributed by atoms with Crippen LogP contribution in [0.4, 0.5) is 0 Å². The number of ether oxygens (including phenoxy) is 2. The van der Waals surface area contributed by atoms with Gasteiger partial charge in [0.15, 0.2) is 11.5 Å². The normalized spacial score (nSPS) is 31.8. The molecule has 2 fully saturated rings. The Morgan fingerprint density at radius 2 is 1.85 bits per heavy atom. The van der Waals surface area contributed by atoms with Gasteiger partial charge in [-0.2, -0.15) is 0 Å². The van der Waals surface area contributed by atoms with Crippen LogP contribution < -0.4 is 9.47 Å².